The van der Waals surface area contributed by atoms with Crippen LogP contribution in [0, 0.1) is 5.92 Å². The number of nitrogens with zero attached hydrogens (tertiary/aromatic N) is 3. The molecule has 0 spiro atoms. The zero-order chi connectivity index (χ0) is 24.0. The third-order valence-electron chi connectivity index (χ3n) is 6.51. The van der Waals surface area contributed by atoms with Crippen LogP contribution in [-0.4, -0.2) is 41.0 Å². The van der Waals surface area contributed by atoms with Gasteiger partial charge in [0.15, 0.2) is 11.5 Å². The topological polar surface area (TPSA) is 64.5 Å². The molecule has 0 bridgehead atoms. The molecule has 0 unspecified atom stereocenters. The molecule has 1 aliphatic heterocycles. The van der Waals surface area contributed by atoms with Gasteiger partial charge >= 0.3 is 0 Å². The molecule has 2 aromatic heterocycles. The van der Waals surface area contributed by atoms with Crippen LogP contribution in [0.15, 0.2) is 79.1 Å². The average Bonchev–Trinajstić information content (AvgIpc) is 2.92. The van der Waals surface area contributed by atoms with E-state index in [1.165, 1.54) is 5.56 Å². The fraction of sp³-hybridized carbons (Fsp3) is 0.276. The highest BCUT2D eigenvalue weighted by Crippen LogP contribution is 2.30. The number of benzene rings is 2. The molecule has 0 aliphatic carbocycles. The maximum atomic E-state index is 13.4. The number of hydrogen-bond acceptors (Lipinski definition) is 5. The summed E-state index contributed by atoms with van der Waals surface area (Å²) in [5.41, 5.74) is 3.73. The lowest BCUT2D eigenvalue weighted by Gasteiger charge is -2.33. The van der Waals surface area contributed by atoms with Crippen LogP contribution in [0.1, 0.15) is 34.5 Å². The summed E-state index contributed by atoms with van der Waals surface area (Å²) < 4.78 is 11.4. The van der Waals surface area contributed by atoms with E-state index in [9.17, 15) is 4.79 Å². The SMILES string of the molecule is COc1ccc(C(=O)N2CCC[C@@H](Cc3ccc4ncccc4c3)C2)cc1OCc1ccccn1. The first kappa shape index (κ1) is 22.8. The van der Waals surface area contributed by atoms with Gasteiger partial charge in [0.25, 0.3) is 5.91 Å². The summed E-state index contributed by atoms with van der Waals surface area (Å²) in [4.78, 5) is 24.1. The number of carbonyl (C=O) groups is 1. The maximum Gasteiger partial charge on any atom is 0.254 e. The largest absolute Gasteiger partial charge is 0.493 e. The second kappa shape index (κ2) is 10.6. The monoisotopic (exact) mass is 467 g/mol. The Kier molecular flexibility index (Phi) is 6.89. The molecule has 0 radical (unpaired) electrons. The van der Waals surface area contributed by atoms with Gasteiger partial charge < -0.3 is 14.4 Å². The van der Waals surface area contributed by atoms with Crippen LogP contribution in [0.2, 0.25) is 0 Å². The van der Waals surface area contributed by atoms with Gasteiger partial charge in [-0.05, 0) is 79.3 Å². The Morgan fingerprint density at radius 3 is 2.77 bits per heavy atom. The first-order valence-corrected chi connectivity index (χ1v) is 12.0. The van der Waals surface area contributed by atoms with Gasteiger partial charge in [-0.2, -0.15) is 0 Å². The molecule has 1 atom stereocenters. The highest BCUT2D eigenvalue weighted by molar-refractivity contribution is 5.95. The quantitative estimate of drug-likeness (QED) is 0.368. The van der Waals surface area contributed by atoms with E-state index in [0.29, 0.717) is 29.6 Å². The van der Waals surface area contributed by atoms with Gasteiger partial charge in [0.1, 0.15) is 6.61 Å². The molecule has 1 fully saturated rings. The second-order valence-corrected chi connectivity index (χ2v) is 8.97. The van der Waals surface area contributed by atoms with E-state index in [4.69, 9.17) is 9.47 Å². The zero-order valence-electron chi connectivity index (χ0n) is 19.9. The summed E-state index contributed by atoms with van der Waals surface area (Å²) >= 11 is 0. The van der Waals surface area contributed by atoms with Gasteiger partial charge in [-0.15, -0.1) is 0 Å². The maximum absolute atomic E-state index is 13.4. The Balaban J connectivity index is 1.27. The van der Waals surface area contributed by atoms with Crippen LogP contribution in [0.25, 0.3) is 10.9 Å². The third kappa shape index (κ3) is 5.43. The van der Waals surface area contributed by atoms with Crippen LogP contribution in [-0.2, 0) is 13.0 Å². The van der Waals surface area contributed by atoms with Crippen molar-refractivity contribution in [3.63, 3.8) is 0 Å². The van der Waals surface area contributed by atoms with Gasteiger partial charge in [0.2, 0.25) is 0 Å². The van der Waals surface area contributed by atoms with Crippen molar-refractivity contribution in [3.05, 3.63) is 95.9 Å². The van der Waals surface area contributed by atoms with Crippen molar-refractivity contribution in [1.82, 2.24) is 14.9 Å². The van der Waals surface area contributed by atoms with Gasteiger partial charge in [0.05, 0.1) is 18.3 Å². The average molecular weight is 468 g/mol. The molecule has 0 saturated carbocycles. The molecular weight excluding hydrogens is 438 g/mol. The standard InChI is InChI=1S/C29H29N3O3/c1-34-27-12-10-24(18-28(27)35-20-25-8-2-3-13-30-25)29(33)32-15-5-6-22(19-32)16-21-9-11-26-23(17-21)7-4-14-31-26/h2-4,7-14,17-18,22H,5-6,15-16,19-20H2,1H3/t22-/m0/s1. The van der Waals surface area contributed by atoms with Gasteiger partial charge in [-0.3, -0.25) is 14.8 Å². The summed E-state index contributed by atoms with van der Waals surface area (Å²) in [5, 5.41) is 1.16. The molecule has 1 amide bonds. The van der Waals surface area contributed by atoms with E-state index in [0.717, 1.165) is 48.9 Å². The number of fused-ring (bicyclic) bond motifs is 1. The molecule has 35 heavy (non-hydrogen) atoms. The number of aromatic nitrogens is 2. The minimum atomic E-state index is 0.0303. The minimum absolute atomic E-state index is 0.0303. The van der Waals surface area contributed by atoms with Crippen molar-refractivity contribution in [2.45, 2.75) is 25.9 Å². The van der Waals surface area contributed by atoms with Crippen LogP contribution >= 0.6 is 0 Å². The summed E-state index contributed by atoms with van der Waals surface area (Å²) in [5.74, 6) is 1.60. The number of pyridine rings is 2. The Morgan fingerprint density at radius 2 is 1.91 bits per heavy atom. The van der Waals surface area contributed by atoms with Crippen molar-refractivity contribution < 1.29 is 14.3 Å². The van der Waals surface area contributed by atoms with E-state index < -0.39 is 0 Å². The Labute approximate surface area is 205 Å². The first-order chi connectivity index (χ1) is 17.2. The number of hydrogen-bond donors (Lipinski definition) is 0. The Bertz CT molecular complexity index is 1310. The lowest BCUT2D eigenvalue weighted by molar-refractivity contribution is 0.0673. The summed E-state index contributed by atoms with van der Waals surface area (Å²) in [6.07, 6.45) is 6.63. The number of rotatable bonds is 7. The molecule has 178 valence electrons. The first-order valence-electron chi connectivity index (χ1n) is 12.0. The highest BCUT2D eigenvalue weighted by atomic mass is 16.5. The van der Waals surface area contributed by atoms with Crippen LogP contribution in [0.3, 0.4) is 0 Å². The fourth-order valence-electron chi connectivity index (χ4n) is 4.74. The van der Waals surface area contributed by atoms with E-state index in [1.807, 2.05) is 41.4 Å². The zero-order valence-corrected chi connectivity index (χ0v) is 19.9. The van der Waals surface area contributed by atoms with Crippen molar-refractivity contribution in [1.29, 1.82) is 0 Å². The molecule has 1 saturated heterocycles. The van der Waals surface area contributed by atoms with Crippen LogP contribution in [0.4, 0.5) is 0 Å². The van der Waals surface area contributed by atoms with E-state index in [1.54, 1.807) is 25.4 Å². The molecule has 6 heteroatoms. The Hall–Kier alpha value is -3.93. The van der Waals surface area contributed by atoms with Crippen molar-refractivity contribution >= 4 is 16.8 Å². The molecular formula is C29H29N3O3. The smallest absolute Gasteiger partial charge is 0.254 e. The second-order valence-electron chi connectivity index (χ2n) is 8.97. The molecule has 3 heterocycles. The number of piperidine rings is 1. The molecule has 2 aromatic carbocycles. The van der Waals surface area contributed by atoms with Crippen molar-refractivity contribution in [2.75, 3.05) is 20.2 Å². The number of methoxy groups -OCH3 is 1. The predicted octanol–water partition coefficient (Wildman–Crippen LogP) is 5.31. The van der Waals surface area contributed by atoms with Gasteiger partial charge in [0, 0.05) is 36.4 Å². The summed E-state index contributed by atoms with van der Waals surface area (Å²) in [6.45, 7) is 1.83. The molecule has 4 aromatic rings. The Morgan fingerprint density at radius 1 is 1.00 bits per heavy atom. The normalized spacial score (nSPS) is 15.7. The summed E-state index contributed by atoms with van der Waals surface area (Å²) in [6, 6.07) is 21.6. The number of amides is 1. The number of ether oxygens (including phenoxy) is 2. The number of likely N-dealkylation sites (tertiary alicyclic amines) is 1. The summed E-state index contributed by atoms with van der Waals surface area (Å²) in [7, 11) is 1.60. The minimum Gasteiger partial charge on any atom is -0.493 e. The highest BCUT2D eigenvalue weighted by Gasteiger charge is 2.25. The van der Waals surface area contributed by atoms with E-state index in [2.05, 4.69) is 34.2 Å². The molecule has 0 N–H and O–H groups in total. The molecule has 5 rings (SSSR count). The van der Waals surface area contributed by atoms with Crippen LogP contribution < -0.4 is 9.47 Å². The molecule has 6 nitrogen and oxygen atoms in total. The van der Waals surface area contributed by atoms with Crippen LogP contribution in [0.5, 0.6) is 11.5 Å². The molecule has 1 aliphatic rings. The third-order valence-corrected chi connectivity index (χ3v) is 6.51. The van der Waals surface area contributed by atoms with Crippen molar-refractivity contribution in [2.24, 2.45) is 5.92 Å². The fourth-order valence-corrected chi connectivity index (χ4v) is 4.74. The van der Waals surface area contributed by atoms with Crippen molar-refractivity contribution in [3.8, 4) is 11.5 Å². The predicted molar refractivity (Wildman–Crippen MR) is 136 cm³/mol. The van der Waals surface area contributed by atoms with E-state index in [-0.39, 0.29) is 5.91 Å². The lowest BCUT2D eigenvalue weighted by Crippen LogP contribution is -2.40. The lowest BCUT2D eigenvalue weighted by atomic mass is 9.90. The number of carbonyl (C=O) groups excluding carboxylic acids is 1. The van der Waals surface area contributed by atoms with Gasteiger partial charge in [-0.1, -0.05) is 18.2 Å². The van der Waals surface area contributed by atoms with Gasteiger partial charge in [-0.25, -0.2) is 0 Å². The van der Waals surface area contributed by atoms with E-state index >= 15 is 0 Å².